The summed E-state index contributed by atoms with van der Waals surface area (Å²) in [4.78, 5) is 4.33. The maximum atomic E-state index is 6.33. The highest BCUT2D eigenvalue weighted by Gasteiger charge is 2.29. The van der Waals surface area contributed by atoms with Crippen LogP contribution in [0.15, 0.2) is 36.5 Å². The smallest absolute Gasteiger partial charge is 0.0702 e. The van der Waals surface area contributed by atoms with E-state index < -0.39 is 0 Å². The number of pyridine rings is 1. The first-order valence-electron chi connectivity index (χ1n) is 6.31. The number of hydrogen-bond acceptors (Lipinski definition) is 1. The molecule has 0 bridgehead atoms. The average Bonchev–Trinajstić information content (AvgIpc) is 3.20. The second kappa shape index (κ2) is 4.66. The van der Waals surface area contributed by atoms with E-state index in [4.69, 9.17) is 11.6 Å². The van der Waals surface area contributed by atoms with Gasteiger partial charge in [-0.1, -0.05) is 12.1 Å². The van der Waals surface area contributed by atoms with E-state index in [0.717, 1.165) is 24.3 Å². The number of nitrogens with zero attached hydrogens (tertiary/aromatic N) is 1. The molecule has 2 aromatic rings. The van der Waals surface area contributed by atoms with Crippen molar-refractivity contribution < 1.29 is 0 Å². The third-order valence-corrected chi connectivity index (χ3v) is 4.08. The number of rotatable bonds is 4. The summed E-state index contributed by atoms with van der Waals surface area (Å²) in [5, 5.41) is 1.60. The van der Waals surface area contributed by atoms with Gasteiger partial charge in [0.05, 0.1) is 5.52 Å². The van der Waals surface area contributed by atoms with Crippen LogP contribution in [0.5, 0.6) is 0 Å². The van der Waals surface area contributed by atoms with Crippen LogP contribution in [0.25, 0.3) is 10.9 Å². The van der Waals surface area contributed by atoms with E-state index in [1.165, 1.54) is 23.8 Å². The number of fused-ring (bicyclic) bond motifs is 1. The van der Waals surface area contributed by atoms with E-state index in [9.17, 15) is 0 Å². The van der Waals surface area contributed by atoms with E-state index >= 15 is 0 Å². The van der Waals surface area contributed by atoms with Crippen molar-refractivity contribution in [2.75, 3.05) is 0 Å². The number of aromatic nitrogens is 1. The second-order valence-corrected chi connectivity index (χ2v) is 5.48. The van der Waals surface area contributed by atoms with Gasteiger partial charge in [0.25, 0.3) is 0 Å². The molecule has 1 saturated carbocycles. The van der Waals surface area contributed by atoms with Crippen LogP contribution >= 0.6 is 11.6 Å². The lowest BCUT2D eigenvalue weighted by molar-refractivity contribution is 0.677. The molecule has 17 heavy (non-hydrogen) atoms. The molecule has 0 saturated heterocycles. The Morgan fingerprint density at radius 1 is 1.29 bits per heavy atom. The highest BCUT2D eigenvalue weighted by molar-refractivity contribution is 6.20. The number of aryl methyl sites for hydroxylation is 1. The predicted octanol–water partition coefficient (Wildman–Crippen LogP) is 4.18. The molecule has 1 aromatic heterocycles. The molecule has 1 unspecified atom stereocenters. The summed E-state index contributed by atoms with van der Waals surface area (Å²) in [5.41, 5.74) is 2.44. The minimum absolute atomic E-state index is 0.375. The molecule has 1 aliphatic carbocycles. The fourth-order valence-corrected chi connectivity index (χ4v) is 2.64. The number of benzene rings is 1. The molecule has 88 valence electrons. The fourth-order valence-electron chi connectivity index (χ4n) is 2.28. The summed E-state index contributed by atoms with van der Waals surface area (Å²) in [6.07, 6.45) is 6.67. The van der Waals surface area contributed by atoms with Crippen molar-refractivity contribution in [2.45, 2.75) is 31.1 Å². The van der Waals surface area contributed by atoms with Crippen LogP contribution in [-0.4, -0.2) is 10.4 Å². The van der Waals surface area contributed by atoms with Crippen LogP contribution in [0, 0.1) is 5.92 Å². The number of hydrogen-bond donors (Lipinski definition) is 0. The molecular weight excluding hydrogens is 230 g/mol. The Balaban J connectivity index is 1.71. The van der Waals surface area contributed by atoms with Crippen LogP contribution in [0.3, 0.4) is 0 Å². The zero-order chi connectivity index (χ0) is 11.7. The van der Waals surface area contributed by atoms with Gasteiger partial charge in [-0.15, -0.1) is 11.6 Å². The molecule has 1 nitrogen and oxygen atoms in total. The molecule has 1 aliphatic rings. The van der Waals surface area contributed by atoms with E-state index in [1.54, 1.807) is 0 Å². The van der Waals surface area contributed by atoms with Gasteiger partial charge >= 0.3 is 0 Å². The monoisotopic (exact) mass is 245 g/mol. The van der Waals surface area contributed by atoms with Crippen LogP contribution in [0.4, 0.5) is 0 Å². The zero-order valence-electron chi connectivity index (χ0n) is 9.77. The summed E-state index contributed by atoms with van der Waals surface area (Å²) >= 11 is 6.33. The minimum Gasteiger partial charge on any atom is -0.256 e. The summed E-state index contributed by atoms with van der Waals surface area (Å²) in [5.74, 6) is 0.791. The Kier molecular flexibility index (Phi) is 3.02. The van der Waals surface area contributed by atoms with Crippen LogP contribution < -0.4 is 0 Å². The molecule has 0 radical (unpaired) electrons. The van der Waals surface area contributed by atoms with Gasteiger partial charge in [-0.25, -0.2) is 0 Å². The van der Waals surface area contributed by atoms with Crippen molar-refractivity contribution in [3.63, 3.8) is 0 Å². The molecular formula is C15H16ClN. The molecule has 0 N–H and O–H groups in total. The number of alkyl halides is 1. The molecule has 1 aromatic carbocycles. The van der Waals surface area contributed by atoms with Crippen molar-refractivity contribution in [1.29, 1.82) is 0 Å². The largest absolute Gasteiger partial charge is 0.256 e. The molecule has 0 aliphatic heterocycles. The molecule has 0 amide bonds. The van der Waals surface area contributed by atoms with Gasteiger partial charge in [0.1, 0.15) is 0 Å². The Labute approximate surface area is 107 Å². The molecule has 0 spiro atoms. The number of halogens is 1. The Morgan fingerprint density at radius 2 is 2.18 bits per heavy atom. The average molecular weight is 246 g/mol. The standard InChI is InChI=1S/C15H16ClN/c16-14(12-5-6-12)7-3-11-4-8-15-13(10-11)2-1-9-17-15/h1-2,4,8-10,12,14H,3,5-7H2. The topological polar surface area (TPSA) is 12.9 Å². The van der Waals surface area contributed by atoms with Crippen molar-refractivity contribution in [3.8, 4) is 0 Å². The minimum atomic E-state index is 0.375. The highest BCUT2D eigenvalue weighted by atomic mass is 35.5. The van der Waals surface area contributed by atoms with E-state index in [-0.39, 0.29) is 0 Å². The Morgan fingerprint density at radius 3 is 3.00 bits per heavy atom. The van der Waals surface area contributed by atoms with Crippen LogP contribution in [0.1, 0.15) is 24.8 Å². The first-order chi connectivity index (χ1) is 8.33. The van der Waals surface area contributed by atoms with Gasteiger partial charge in [0.15, 0.2) is 0 Å². The lowest BCUT2D eigenvalue weighted by atomic mass is 10.0. The van der Waals surface area contributed by atoms with Gasteiger partial charge < -0.3 is 0 Å². The first kappa shape index (κ1) is 11.0. The van der Waals surface area contributed by atoms with E-state index in [2.05, 4.69) is 29.2 Å². The predicted molar refractivity (Wildman–Crippen MR) is 72.4 cm³/mol. The van der Waals surface area contributed by atoms with Crippen molar-refractivity contribution in [2.24, 2.45) is 5.92 Å². The SMILES string of the molecule is ClC(CCc1ccc2ncccc2c1)C1CC1. The van der Waals surface area contributed by atoms with Gasteiger partial charge in [-0.05, 0) is 55.4 Å². The fraction of sp³-hybridized carbons (Fsp3) is 0.400. The van der Waals surface area contributed by atoms with Crippen molar-refractivity contribution in [3.05, 3.63) is 42.1 Å². The van der Waals surface area contributed by atoms with Crippen molar-refractivity contribution in [1.82, 2.24) is 4.98 Å². The third-order valence-electron chi connectivity index (χ3n) is 3.51. The first-order valence-corrected chi connectivity index (χ1v) is 6.74. The maximum absolute atomic E-state index is 6.33. The van der Waals surface area contributed by atoms with Gasteiger partial charge in [-0.2, -0.15) is 0 Å². The van der Waals surface area contributed by atoms with Gasteiger partial charge in [0, 0.05) is 17.0 Å². The zero-order valence-corrected chi connectivity index (χ0v) is 10.5. The van der Waals surface area contributed by atoms with E-state index in [1.807, 2.05) is 12.3 Å². The lowest BCUT2D eigenvalue weighted by Crippen LogP contribution is -2.02. The van der Waals surface area contributed by atoms with E-state index in [0.29, 0.717) is 5.38 Å². The second-order valence-electron chi connectivity index (χ2n) is 4.92. The maximum Gasteiger partial charge on any atom is 0.0702 e. The molecule has 2 heteroatoms. The van der Waals surface area contributed by atoms with Crippen LogP contribution in [0.2, 0.25) is 0 Å². The van der Waals surface area contributed by atoms with Crippen LogP contribution in [-0.2, 0) is 6.42 Å². The van der Waals surface area contributed by atoms with Gasteiger partial charge in [-0.3, -0.25) is 4.98 Å². The highest BCUT2D eigenvalue weighted by Crippen LogP contribution is 2.37. The quantitative estimate of drug-likeness (QED) is 0.737. The summed E-state index contributed by atoms with van der Waals surface area (Å²) < 4.78 is 0. The normalized spacial score (nSPS) is 17.2. The Bertz CT molecular complexity index is 519. The molecule has 3 rings (SSSR count). The van der Waals surface area contributed by atoms with Gasteiger partial charge in [0.2, 0.25) is 0 Å². The summed E-state index contributed by atoms with van der Waals surface area (Å²) in [7, 11) is 0. The summed E-state index contributed by atoms with van der Waals surface area (Å²) in [6, 6.07) is 10.6. The third kappa shape index (κ3) is 2.61. The summed E-state index contributed by atoms with van der Waals surface area (Å²) in [6.45, 7) is 0. The molecule has 1 atom stereocenters. The Hall–Kier alpha value is -1.08. The molecule has 1 heterocycles. The lowest BCUT2D eigenvalue weighted by Gasteiger charge is -2.08. The van der Waals surface area contributed by atoms with Crippen molar-refractivity contribution >= 4 is 22.5 Å². The molecule has 1 fully saturated rings.